The van der Waals surface area contributed by atoms with Gasteiger partial charge in [0.2, 0.25) is 0 Å². The van der Waals surface area contributed by atoms with Crippen LogP contribution in [0, 0.1) is 12.3 Å². The topological polar surface area (TPSA) is 47.0 Å². The number of pyridine rings is 1. The van der Waals surface area contributed by atoms with E-state index in [1.165, 1.54) is 43.1 Å². The predicted octanol–water partition coefficient (Wildman–Crippen LogP) is 4.83. The van der Waals surface area contributed by atoms with E-state index in [0.717, 1.165) is 16.8 Å². The molecular weight excluding hydrogens is 342 g/mol. The minimum atomic E-state index is -3.18. The summed E-state index contributed by atoms with van der Waals surface area (Å²) in [6.45, 7) is 2.04. The highest BCUT2D eigenvalue weighted by Gasteiger charge is 2.36. The van der Waals surface area contributed by atoms with Gasteiger partial charge in [0.15, 0.2) is 9.84 Å². The minimum absolute atomic E-state index is 0.132. The molecule has 0 saturated heterocycles. The second kappa shape index (κ2) is 6.20. The van der Waals surface area contributed by atoms with E-state index >= 15 is 0 Å². The molecule has 1 spiro atoms. The maximum atomic E-state index is 11.8. The summed E-state index contributed by atoms with van der Waals surface area (Å²) in [6, 6.07) is 11.4. The highest BCUT2D eigenvalue weighted by molar-refractivity contribution is 7.90. The van der Waals surface area contributed by atoms with Crippen LogP contribution in [0.4, 0.5) is 0 Å². The quantitative estimate of drug-likeness (QED) is 0.782. The highest BCUT2D eigenvalue weighted by atomic mass is 32.2. The lowest BCUT2D eigenvalue weighted by molar-refractivity contribution is 0.523. The molecule has 2 aliphatic rings. The molecule has 4 rings (SSSR count). The Hall–Kier alpha value is -2.20. The number of hydrogen-bond acceptors (Lipinski definition) is 3. The maximum Gasteiger partial charge on any atom is 0.175 e. The largest absolute Gasteiger partial charge is 0.256 e. The van der Waals surface area contributed by atoms with Gasteiger partial charge in [-0.25, -0.2) is 8.42 Å². The van der Waals surface area contributed by atoms with Crippen molar-refractivity contribution in [2.24, 2.45) is 5.41 Å². The van der Waals surface area contributed by atoms with Gasteiger partial charge in [0, 0.05) is 23.4 Å². The zero-order valence-electron chi connectivity index (χ0n) is 15.2. The van der Waals surface area contributed by atoms with E-state index in [4.69, 9.17) is 0 Å². The van der Waals surface area contributed by atoms with Gasteiger partial charge in [-0.3, -0.25) is 4.98 Å². The summed E-state index contributed by atoms with van der Waals surface area (Å²) in [6.07, 6.45) is 12.8. The third-order valence-corrected chi connectivity index (χ3v) is 6.60. The summed E-state index contributed by atoms with van der Waals surface area (Å²) in [5, 5.41) is 0. The van der Waals surface area contributed by atoms with Crippen molar-refractivity contribution in [2.75, 3.05) is 6.26 Å². The summed E-state index contributed by atoms with van der Waals surface area (Å²) < 4.78 is 23.5. The normalized spacial score (nSPS) is 18.8. The number of allylic oxidation sites excluding steroid dienone is 4. The Balaban J connectivity index is 1.79. The van der Waals surface area contributed by atoms with Crippen LogP contribution < -0.4 is 0 Å². The molecule has 2 aromatic rings. The molecule has 0 N–H and O–H groups in total. The first-order valence-electron chi connectivity index (χ1n) is 9.06. The number of rotatable bonds is 3. The molecular formula is C22H23NO2S. The zero-order chi connectivity index (χ0) is 18.4. The van der Waals surface area contributed by atoms with Gasteiger partial charge in [0.1, 0.15) is 0 Å². The number of benzene rings is 1. The minimum Gasteiger partial charge on any atom is -0.256 e. The molecule has 0 bridgehead atoms. The van der Waals surface area contributed by atoms with Crippen molar-refractivity contribution in [1.29, 1.82) is 0 Å². The Morgan fingerprint density at radius 1 is 0.923 bits per heavy atom. The van der Waals surface area contributed by atoms with E-state index in [1.54, 1.807) is 12.1 Å². The van der Waals surface area contributed by atoms with E-state index in [-0.39, 0.29) is 5.41 Å². The van der Waals surface area contributed by atoms with Crippen molar-refractivity contribution in [1.82, 2.24) is 4.98 Å². The van der Waals surface area contributed by atoms with Crippen molar-refractivity contribution in [3.8, 4) is 0 Å². The van der Waals surface area contributed by atoms with E-state index < -0.39 is 9.84 Å². The van der Waals surface area contributed by atoms with Crippen LogP contribution in [0.3, 0.4) is 0 Å². The molecule has 0 unspecified atom stereocenters. The number of aromatic nitrogens is 1. The molecule has 3 nitrogen and oxygen atoms in total. The lowest BCUT2D eigenvalue weighted by Gasteiger charge is -2.16. The Kier molecular flexibility index (Phi) is 4.11. The Morgan fingerprint density at radius 2 is 1.58 bits per heavy atom. The molecule has 1 fully saturated rings. The number of hydrogen-bond donors (Lipinski definition) is 0. The van der Waals surface area contributed by atoms with E-state index in [0.29, 0.717) is 4.90 Å². The Bertz CT molecular complexity index is 991. The fourth-order valence-electron chi connectivity index (χ4n) is 4.05. The van der Waals surface area contributed by atoms with Crippen molar-refractivity contribution in [3.63, 3.8) is 0 Å². The first-order valence-corrected chi connectivity index (χ1v) is 11.0. The smallest absolute Gasteiger partial charge is 0.175 e. The fourth-order valence-corrected chi connectivity index (χ4v) is 4.68. The molecule has 0 amide bonds. The lowest BCUT2D eigenvalue weighted by Crippen LogP contribution is -2.05. The first kappa shape index (κ1) is 17.2. The number of aryl methyl sites for hydroxylation is 1. The van der Waals surface area contributed by atoms with Gasteiger partial charge in [-0.05, 0) is 54.7 Å². The standard InChI is InChI=1S/C22H23NO2S/c1-16-5-10-21(23-15-16)20-14-22(11-3-4-12-22)13-19(20)17-6-8-18(9-7-17)26(2,24)25/h5-10,13-15H,3-4,11-12H2,1-2H3. The first-order chi connectivity index (χ1) is 12.4. The van der Waals surface area contributed by atoms with Crippen LogP contribution in [0.15, 0.2) is 59.6 Å². The van der Waals surface area contributed by atoms with Crippen LogP contribution in [0.25, 0.3) is 11.1 Å². The van der Waals surface area contributed by atoms with Crippen molar-refractivity contribution >= 4 is 21.0 Å². The molecule has 0 aliphatic heterocycles. The summed E-state index contributed by atoms with van der Waals surface area (Å²) in [5.41, 5.74) is 5.65. The predicted molar refractivity (Wildman–Crippen MR) is 105 cm³/mol. The molecule has 0 radical (unpaired) electrons. The van der Waals surface area contributed by atoms with Gasteiger partial charge >= 0.3 is 0 Å². The molecule has 1 heterocycles. The molecule has 0 atom stereocenters. The van der Waals surface area contributed by atoms with Gasteiger partial charge in [0.05, 0.1) is 10.6 Å². The summed E-state index contributed by atoms with van der Waals surface area (Å²) >= 11 is 0. The average Bonchev–Trinajstić information content (AvgIpc) is 3.22. The van der Waals surface area contributed by atoms with Crippen LogP contribution in [-0.4, -0.2) is 19.7 Å². The SMILES string of the molecule is Cc1ccc(C2=CC3(C=C2c2ccc(S(C)(=O)=O)cc2)CCCC3)nc1. The summed E-state index contributed by atoms with van der Waals surface area (Å²) in [4.78, 5) is 5.00. The van der Waals surface area contributed by atoms with Crippen molar-refractivity contribution < 1.29 is 8.42 Å². The van der Waals surface area contributed by atoms with Crippen LogP contribution in [0.2, 0.25) is 0 Å². The van der Waals surface area contributed by atoms with Crippen molar-refractivity contribution in [2.45, 2.75) is 37.5 Å². The highest BCUT2D eigenvalue weighted by Crippen LogP contribution is 2.51. The Labute approximate surface area is 155 Å². The molecule has 1 saturated carbocycles. The average molecular weight is 365 g/mol. The summed E-state index contributed by atoms with van der Waals surface area (Å²) in [5.74, 6) is 0. The third kappa shape index (κ3) is 3.14. The van der Waals surface area contributed by atoms with E-state index in [1.807, 2.05) is 25.3 Å². The molecule has 1 aromatic heterocycles. The second-order valence-electron chi connectivity index (χ2n) is 7.57. The maximum absolute atomic E-state index is 11.8. The van der Waals surface area contributed by atoms with E-state index in [2.05, 4.69) is 29.3 Å². The van der Waals surface area contributed by atoms with Crippen molar-refractivity contribution in [3.05, 3.63) is 71.6 Å². The molecule has 4 heteroatoms. The van der Waals surface area contributed by atoms with Crippen LogP contribution in [0.1, 0.15) is 42.5 Å². The van der Waals surface area contributed by atoms with Gasteiger partial charge in [-0.2, -0.15) is 0 Å². The van der Waals surface area contributed by atoms with Crippen LogP contribution >= 0.6 is 0 Å². The van der Waals surface area contributed by atoms with Gasteiger partial charge in [-0.15, -0.1) is 0 Å². The van der Waals surface area contributed by atoms with Crippen LogP contribution in [-0.2, 0) is 9.84 Å². The molecule has 1 aromatic carbocycles. The monoisotopic (exact) mass is 365 g/mol. The van der Waals surface area contributed by atoms with Crippen LogP contribution in [0.5, 0.6) is 0 Å². The molecule has 2 aliphatic carbocycles. The van der Waals surface area contributed by atoms with Gasteiger partial charge in [-0.1, -0.05) is 43.2 Å². The molecule has 134 valence electrons. The number of nitrogens with zero attached hydrogens (tertiary/aromatic N) is 1. The number of sulfone groups is 1. The third-order valence-electron chi connectivity index (χ3n) is 5.47. The lowest BCUT2D eigenvalue weighted by atomic mass is 9.88. The second-order valence-corrected chi connectivity index (χ2v) is 9.59. The van der Waals surface area contributed by atoms with E-state index in [9.17, 15) is 8.42 Å². The van der Waals surface area contributed by atoms with Gasteiger partial charge in [0.25, 0.3) is 0 Å². The zero-order valence-corrected chi connectivity index (χ0v) is 16.0. The van der Waals surface area contributed by atoms with Gasteiger partial charge < -0.3 is 0 Å². The summed E-state index contributed by atoms with van der Waals surface area (Å²) in [7, 11) is -3.18. The Morgan fingerprint density at radius 3 is 2.15 bits per heavy atom. The fraction of sp³-hybridized carbons (Fsp3) is 0.318. The molecule has 26 heavy (non-hydrogen) atoms.